The third-order valence-electron chi connectivity index (χ3n) is 3.17. The Bertz CT molecular complexity index is 445. The van der Waals surface area contributed by atoms with Gasteiger partial charge in [0.25, 0.3) is 5.91 Å². The SMILES string of the molecule is NC1CCC(NC(=O)c2cnc(Cl)c(Cl)c2)CC1. The lowest BCUT2D eigenvalue weighted by atomic mass is 9.92. The molecule has 18 heavy (non-hydrogen) atoms. The normalized spacial score (nSPS) is 23.7. The fourth-order valence-corrected chi connectivity index (χ4v) is 2.35. The molecule has 0 saturated heterocycles. The number of nitrogens with two attached hydrogens (primary N) is 1. The lowest BCUT2D eigenvalue weighted by Gasteiger charge is -2.26. The monoisotopic (exact) mass is 287 g/mol. The van der Waals surface area contributed by atoms with E-state index < -0.39 is 0 Å². The van der Waals surface area contributed by atoms with Crippen molar-refractivity contribution in [3.8, 4) is 0 Å². The molecule has 1 aromatic heterocycles. The quantitative estimate of drug-likeness (QED) is 0.821. The van der Waals surface area contributed by atoms with Gasteiger partial charge in [-0.2, -0.15) is 0 Å². The fraction of sp³-hybridized carbons (Fsp3) is 0.500. The van der Waals surface area contributed by atoms with Gasteiger partial charge in [-0.1, -0.05) is 23.2 Å². The van der Waals surface area contributed by atoms with E-state index >= 15 is 0 Å². The van der Waals surface area contributed by atoms with Crippen molar-refractivity contribution in [3.05, 3.63) is 28.0 Å². The third-order valence-corrected chi connectivity index (χ3v) is 3.85. The van der Waals surface area contributed by atoms with E-state index in [-0.39, 0.29) is 28.2 Å². The molecule has 4 nitrogen and oxygen atoms in total. The van der Waals surface area contributed by atoms with Gasteiger partial charge in [-0.05, 0) is 31.7 Å². The highest BCUT2D eigenvalue weighted by Gasteiger charge is 2.20. The summed E-state index contributed by atoms with van der Waals surface area (Å²) in [5, 5.41) is 3.46. The number of rotatable bonds is 2. The van der Waals surface area contributed by atoms with Crippen LogP contribution >= 0.6 is 23.2 Å². The van der Waals surface area contributed by atoms with Gasteiger partial charge in [-0.3, -0.25) is 4.79 Å². The molecular formula is C12H15Cl2N3O. The average molecular weight is 288 g/mol. The second kappa shape index (κ2) is 5.87. The summed E-state index contributed by atoms with van der Waals surface area (Å²) in [4.78, 5) is 15.8. The van der Waals surface area contributed by atoms with Crippen molar-refractivity contribution in [2.75, 3.05) is 0 Å². The van der Waals surface area contributed by atoms with Gasteiger partial charge in [0.2, 0.25) is 0 Å². The van der Waals surface area contributed by atoms with E-state index in [1.165, 1.54) is 12.3 Å². The van der Waals surface area contributed by atoms with E-state index in [2.05, 4.69) is 10.3 Å². The van der Waals surface area contributed by atoms with Gasteiger partial charge >= 0.3 is 0 Å². The van der Waals surface area contributed by atoms with E-state index in [0.29, 0.717) is 5.56 Å². The first-order chi connectivity index (χ1) is 8.56. The highest BCUT2D eigenvalue weighted by atomic mass is 35.5. The standard InChI is InChI=1S/C12H15Cl2N3O/c13-10-5-7(6-16-11(10)14)12(18)17-9-3-1-8(15)2-4-9/h5-6,8-9H,1-4,15H2,(H,17,18). The molecule has 1 aliphatic rings. The summed E-state index contributed by atoms with van der Waals surface area (Å²) >= 11 is 11.5. The van der Waals surface area contributed by atoms with Gasteiger partial charge in [0.05, 0.1) is 10.6 Å². The summed E-state index contributed by atoms with van der Waals surface area (Å²) in [5.41, 5.74) is 6.25. The molecule has 1 heterocycles. The molecule has 1 aliphatic carbocycles. The highest BCUT2D eigenvalue weighted by molar-refractivity contribution is 6.41. The van der Waals surface area contributed by atoms with E-state index in [1.807, 2.05) is 0 Å². The Labute approximate surface area is 116 Å². The van der Waals surface area contributed by atoms with Crippen LogP contribution in [0.1, 0.15) is 36.0 Å². The smallest absolute Gasteiger partial charge is 0.253 e. The van der Waals surface area contributed by atoms with Crippen LogP contribution in [0.15, 0.2) is 12.3 Å². The third kappa shape index (κ3) is 3.34. The van der Waals surface area contributed by atoms with Crippen molar-refractivity contribution in [3.63, 3.8) is 0 Å². The van der Waals surface area contributed by atoms with Crippen LogP contribution in [0.4, 0.5) is 0 Å². The summed E-state index contributed by atoms with van der Waals surface area (Å²) in [6.07, 6.45) is 5.16. The van der Waals surface area contributed by atoms with E-state index in [0.717, 1.165) is 25.7 Å². The molecule has 1 amide bonds. The predicted octanol–water partition coefficient (Wildman–Crippen LogP) is 2.39. The molecule has 0 aliphatic heterocycles. The molecule has 0 unspecified atom stereocenters. The van der Waals surface area contributed by atoms with E-state index in [4.69, 9.17) is 28.9 Å². The van der Waals surface area contributed by atoms with Crippen LogP contribution < -0.4 is 11.1 Å². The first-order valence-corrected chi connectivity index (χ1v) is 6.69. The zero-order valence-corrected chi connectivity index (χ0v) is 11.3. The minimum absolute atomic E-state index is 0.165. The van der Waals surface area contributed by atoms with Gasteiger partial charge in [0.1, 0.15) is 5.15 Å². The van der Waals surface area contributed by atoms with Crippen molar-refractivity contribution < 1.29 is 4.79 Å². The second-order valence-corrected chi connectivity index (χ2v) is 5.35. The van der Waals surface area contributed by atoms with Gasteiger partial charge in [0, 0.05) is 18.3 Å². The lowest BCUT2D eigenvalue weighted by molar-refractivity contribution is 0.0925. The molecule has 1 fully saturated rings. The van der Waals surface area contributed by atoms with Gasteiger partial charge in [0.15, 0.2) is 0 Å². The largest absolute Gasteiger partial charge is 0.349 e. The Morgan fingerprint density at radius 1 is 1.33 bits per heavy atom. The minimum atomic E-state index is -0.165. The van der Waals surface area contributed by atoms with Crippen LogP contribution in [-0.4, -0.2) is 23.0 Å². The summed E-state index contributed by atoms with van der Waals surface area (Å²) in [6, 6.07) is 1.98. The zero-order valence-electron chi connectivity index (χ0n) is 9.83. The maximum Gasteiger partial charge on any atom is 0.253 e. The maximum absolute atomic E-state index is 12.0. The van der Waals surface area contributed by atoms with Crippen molar-refractivity contribution in [1.29, 1.82) is 0 Å². The zero-order chi connectivity index (χ0) is 13.1. The van der Waals surface area contributed by atoms with Crippen molar-refractivity contribution in [2.24, 2.45) is 5.73 Å². The van der Waals surface area contributed by atoms with E-state index in [9.17, 15) is 4.79 Å². The Kier molecular flexibility index (Phi) is 4.43. The number of amides is 1. The van der Waals surface area contributed by atoms with Crippen LogP contribution in [0.5, 0.6) is 0 Å². The van der Waals surface area contributed by atoms with Crippen LogP contribution in [0.2, 0.25) is 10.2 Å². The number of carbonyl (C=O) groups excluding carboxylic acids is 1. The number of hydrogen-bond donors (Lipinski definition) is 2. The Morgan fingerprint density at radius 2 is 2.00 bits per heavy atom. The highest BCUT2D eigenvalue weighted by Crippen LogP contribution is 2.21. The predicted molar refractivity (Wildman–Crippen MR) is 72.0 cm³/mol. The van der Waals surface area contributed by atoms with Crippen LogP contribution in [0, 0.1) is 0 Å². The summed E-state index contributed by atoms with van der Waals surface area (Å²) in [7, 11) is 0. The molecule has 0 atom stereocenters. The molecule has 2 rings (SSSR count). The second-order valence-electron chi connectivity index (χ2n) is 4.58. The van der Waals surface area contributed by atoms with Crippen LogP contribution in [0.3, 0.4) is 0 Å². The summed E-state index contributed by atoms with van der Waals surface area (Å²) < 4.78 is 0. The Morgan fingerprint density at radius 3 is 2.61 bits per heavy atom. The molecule has 0 bridgehead atoms. The van der Waals surface area contributed by atoms with Crippen LogP contribution in [0.25, 0.3) is 0 Å². The number of aromatic nitrogens is 1. The average Bonchev–Trinajstić information content (AvgIpc) is 2.35. The van der Waals surface area contributed by atoms with Crippen molar-refractivity contribution >= 4 is 29.1 Å². The van der Waals surface area contributed by atoms with Crippen LogP contribution in [-0.2, 0) is 0 Å². The number of hydrogen-bond acceptors (Lipinski definition) is 3. The van der Waals surface area contributed by atoms with E-state index in [1.54, 1.807) is 0 Å². The maximum atomic E-state index is 12.0. The number of nitrogens with zero attached hydrogens (tertiary/aromatic N) is 1. The minimum Gasteiger partial charge on any atom is -0.349 e. The summed E-state index contributed by atoms with van der Waals surface area (Å²) in [6.45, 7) is 0. The van der Waals surface area contributed by atoms with Crippen molar-refractivity contribution in [1.82, 2.24) is 10.3 Å². The molecule has 3 N–H and O–H groups in total. The topological polar surface area (TPSA) is 68.0 Å². The molecule has 0 aromatic carbocycles. The molecule has 1 aromatic rings. The first-order valence-electron chi connectivity index (χ1n) is 5.93. The summed E-state index contributed by atoms with van der Waals surface area (Å²) in [5.74, 6) is -0.165. The first kappa shape index (κ1) is 13.6. The number of carbonyl (C=O) groups is 1. The van der Waals surface area contributed by atoms with Gasteiger partial charge in [-0.15, -0.1) is 0 Å². The molecule has 6 heteroatoms. The molecular weight excluding hydrogens is 273 g/mol. The van der Waals surface area contributed by atoms with Gasteiger partial charge < -0.3 is 11.1 Å². The molecule has 98 valence electrons. The Hall–Kier alpha value is -0.840. The molecule has 1 saturated carbocycles. The number of nitrogens with one attached hydrogen (secondary N) is 1. The van der Waals surface area contributed by atoms with Crippen molar-refractivity contribution in [2.45, 2.75) is 37.8 Å². The van der Waals surface area contributed by atoms with Gasteiger partial charge in [-0.25, -0.2) is 4.98 Å². The molecule has 0 spiro atoms. The number of halogens is 2. The molecule has 0 radical (unpaired) electrons. The fourth-order valence-electron chi connectivity index (χ4n) is 2.08. The number of pyridine rings is 1. The lowest BCUT2D eigenvalue weighted by Crippen LogP contribution is -2.40. The Balaban J connectivity index is 1.97.